The van der Waals surface area contributed by atoms with Crippen LogP contribution in [0.5, 0.6) is 0 Å². The van der Waals surface area contributed by atoms with Crippen molar-refractivity contribution in [3.8, 4) is 6.07 Å². The minimum Gasteiger partial charge on any atom is -0.466 e. The van der Waals surface area contributed by atoms with Gasteiger partial charge in [-0.1, -0.05) is 24.3 Å². The second kappa shape index (κ2) is 8.77. The summed E-state index contributed by atoms with van der Waals surface area (Å²) in [6.45, 7) is 3.94. The zero-order valence-corrected chi connectivity index (χ0v) is 13.7. The summed E-state index contributed by atoms with van der Waals surface area (Å²) in [5.74, 6) is -0.177. The minimum atomic E-state index is -0.420. The van der Waals surface area contributed by atoms with Crippen molar-refractivity contribution in [1.82, 2.24) is 5.32 Å². The molecule has 0 radical (unpaired) electrons. The number of aryl methyl sites for hydroxylation is 1. The molecular formula is C17H23ClN2O2. The molecule has 0 aromatic heterocycles. The van der Waals surface area contributed by atoms with Crippen molar-refractivity contribution in [3.05, 3.63) is 35.4 Å². The summed E-state index contributed by atoms with van der Waals surface area (Å²) in [6, 6.07) is 10.5. The molecule has 0 unspecified atom stereocenters. The first-order valence-electron chi connectivity index (χ1n) is 7.58. The highest BCUT2D eigenvalue weighted by Gasteiger charge is 2.35. The van der Waals surface area contributed by atoms with E-state index in [1.165, 1.54) is 0 Å². The number of carbonyl (C=O) groups is 1. The second-order valence-corrected chi connectivity index (χ2v) is 5.41. The van der Waals surface area contributed by atoms with Gasteiger partial charge in [-0.2, -0.15) is 5.26 Å². The van der Waals surface area contributed by atoms with E-state index in [0.29, 0.717) is 19.4 Å². The van der Waals surface area contributed by atoms with Crippen LogP contribution in [0, 0.1) is 11.3 Å². The van der Waals surface area contributed by atoms with E-state index in [2.05, 4.69) is 11.4 Å². The first-order valence-corrected chi connectivity index (χ1v) is 7.58. The maximum atomic E-state index is 11.6. The average molecular weight is 323 g/mol. The number of piperidine rings is 1. The van der Waals surface area contributed by atoms with Gasteiger partial charge in [-0.3, -0.25) is 4.79 Å². The number of nitrogens with zero attached hydrogens (tertiary/aromatic N) is 1. The molecule has 1 aromatic carbocycles. The number of esters is 1. The number of rotatable bonds is 5. The first kappa shape index (κ1) is 18.5. The zero-order valence-electron chi connectivity index (χ0n) is 12.9. The van der Waals surface area contributed by atoms with Crippen LogP contribution in [-0.4, -0.2) is 25.7 Å². The molecule has 0 atom stereocenters. The Morgan fingerprint density at radius 3 is 2.68 bits per heavy atom. The van der Waals surface area contributed by atoms with Crippen LogP contribution in [0.4, 0.5) is 0 Å². The van der Waals surface area contributed by atoms with Crippen LogP contribution in [0.15, 0.2) is 24.3 Å². The van der Waals surface area contributed by atoms with Crippen molar-refractivity contribution in [1.29, 1.82) is 5.26 Å². The number of benzene rings is 1. The van der Waals surface area contributed by atoms with Crippen LogP contribution < -0.4 is 5.32 Å². The lowest BCUT2D eigenvalue weighted by Gasteiger charge is -2.33. The Kier molecular flexibility index (Phi) is 7.37. The molecule has 0 saturated carbocycles. The quantitative estimate of drug-likeness (QED) is 0.847. The zero-order chi connectivity index (χ0) is 15.1. The van der Waals surface area contributed by atoms with Crippen molar-refractivity contribution in [3.63, 3.8) is 0 Å². The number of nitriles is 1. The average Bonchev–Trinajstić information content (AvgIpc) is 2.54. The van der Waals surface area contributed by atoms with Gasteiger partial charge < -0.3 is 10.1 Å². The SMILES string of the molecule is CCOC(=O)CCc1ccccc1C1(C#N)CCNCC1.Cl. The molecule has 1 heterocycles. The molecule has 5 heteroatoms. The van der Waals surface area contributed by atoms with E-state index >= 15 is 0 Å². The summed E-state index contributed by atoms with van der Waals surface area (Å²) in [5, 5.41) is 13.0. The Morgan fingerprint density at radius 2 is 2.05 bits per heavy atom. The van der Waals surface area contributed by atoms with Crippen LogP contribution in [0.3, 0.4) is 0 Å². The van der Waals surface area contributed by atoms with E-state index < -0.39 is 5.41 Å². The number of carbonyl (C=O) groups excluding carboxylic acids is 1. The smallest absolute Gasteiger partial charge is 0.306 e. The fourth-order valence-electron chi connectivity index (χ4n) is 2.97. The Labute approximate surface area is 138 Å². The molecule has 0 spiro atoms. The fourth-order valence-corrected chi connectivity index (χ4v) is 2.97. The Hall–Kier alpha value is -1.57. The summed E-state index contributed by atoms with van der Waals surface area (Å²) < 4.78 is 4.99. The van der Waals surface area contributed by atoms with E-state index in [0.717, 1.165) is 37.1 Å². The van der Waals surface area contributed by atoms with Crippen LogP contribution in [0.2, 0.25) is 0 Å². The lowest BCUT2D eigenvalue weighted by Crippen LogP contribution is -2.39. The molecule has 1 aliphatic rings. The van der Waals surface area contributed by atoms with Gasteiger partial charge in [0.15, 0.2) is 0 Å². The number of halogens is 1. The van der Waals surface area contributed by atoms with E-state index in [-0.39, 0.29) is 18.4 Å². The van der Waals surface area contributed by atoms with Gasteiger partial charge in [0.1, 0.15) is 0 Å². The van der Waals surface area contributed by atoms with Crippen LogP contribution >= 0.6 is 12.4 Å². The Morgan fingerprint density at radius 1 is 1.36 bits per heavy atom. The Balaban J connectivity index is 0.00000242. The fraction of sp³-hybridized carbons (Fsp3) is 0.529. The summed E-state index contributed by atoms with van der Waals surface area (Å²) in [7, 11) is 0. The van der Waals surface area contributed by atoms with Crippen molar-refractivity contribution in [2.75, 3.05) is 19.7 Å². The molecule has 1 fully saturated rings. The maximum Gasteiger partial charge on any atom is 0.306 e. The predicted molar refractivity (Wildman–Crippen MR) is 88.0 cm³/mol. The first-order chi connectivity index (χ1) is 10.2. The van der Waals surface area contributed by atoms with Crippen molar-refractivity contribution in [2.24, 2.45) is 0 Å². The lowest BCUT2D eigenvalue weighted by molar-refractivity contribution is -0.143. The molecule has 2 rings (SSSR count). The minimum absolute atomic E-state index is 0. The Bertz CT molecular complexity index is 534. The predicted octanol–water partition coefficient (Wildman–Crippen LogP) is 2.75. The number of ether oxygens (including phenoxy) is 1. The summed E-state index contributed by atoms with van der Waals surface area (Å²) in [5.41, 5.74) is 1.75. The second-order valence-electron chi connectivity index (χ2n) is 5.41. The molecule has 0 aliphatic carbocycles. The number of nitrogens with one attached hydrogen (secondary N) is 1. The van der Waals surface area contributed by atoms with Crippen molar-refractivity contribution in [2.45, 2.75) is 38.0 Å². The van der Waals surface area contributed by atoms with Crippen molar-refractivity contribution < 1.29 is 9.53 Å². The summed E-state index contributed by atoms with van der Waals surface area (Å²) in [6.07, 6.45) is 2.64. The van der Waals surface area contributed by atoms with Gasteiger partial charge in [-0.25, -0.2) is 0 Å². The highest BCUT2D eigenvalue weighted by Crippen LogP contribution is 2.35. The normalized spacial score (nSPS) is 16.2. The molecule has 1 N–H and O–H groups in total. The third-order valence-electron chi connectivity index (χ3n) is 4.11. The van der Waals surface area contributed by atoms with E-state index in [1.54, 1.807) is 0 Å². The van der Waals surface area contributed by atoms with Crippen molar-refractivity contribution >= 4 is 18.4 Å². The third kappa shape index (κ3) is 4.22. The van der Waals surface area contributed by atoms with Crippen LogP contribution in [-0.2, 0) is 21.4 Å². The van der Waals surface area contributed by atoms with Gasteiger partial charge in [0, 0.05) is 6.42 Å². The molecule has 22 heavy (non-hydrogen) atoms. The van der Waals surface area contributed by atoms with Gasteiger partial charge in [0.2, 0.25) is 0 Å². The van der Waals surface area contributed by atoms with Gasteiger partial charge in [-0.05, 0) is 50.4 Å². The summed E-state index contributed by atoms with van der Waals surface area (Å²) in [4.78, 5) is 11.6. The number of hydrogen-bond donors (Lipinski definition) is 1. The number of hydrogen-bond acceptors (Lipinski definition) is 4. The monoisotopic (exact) mass is 322 g/mol. The van der Waals surface area contributed by atoms with Crippen LogP contribution in [0.1, 0.15) is 37.3 Å². The molecule has 1 saturated heterocycles. The molecule has 120 valence electrons. The van der Waals surface area contributed by atoms with Gasteiger partial charge in [0.05, 0.1) is 18.1 Å². The molecule has 1 aromatic rings. The maximum absolute atomic E-state index is 11.6. The molecule has 4 nitrogen and oxygen atoms in total. The summed E-state index contributed by atoms with van der Waals surface area (Å²) >= 11 is 0. The topological polar surface area (TPSA) is 62.1 Å². The van der Waals surface area contributed by atoms with Gasteiger partial charge in [0.25, 0.3) is 0 Å². The van der Waals surface area contributed by atoms with E-state index in [4.69, 9.17) is 4.74 Å². The standard InChI is InChI=1S/C17H22N2O2.ClH/c1-2-21-16(20)8-7-14-5-3-4-6-15(14)17(13-18)9-11-19-12-10-17;/h3-6,19H,2,7-12H2,1H3;1H. The third-order valence-corrected chi connectivity index (χ3v) is 4.11. The highest BCUT2D eigenvalue weighted by atomic mass is 35.5. The largest absolute Gasteiger partial charge is 0.466 e. The highest BCUT2D eigenvalue weighted by molar-refractivity contribution is 5.85. The van der Waals surface area contributed by atoms with E-state index in [9.17, 15) is 10.1 Å². The lowest BCUT2D eigenvalue weighted by atomic mass is 9.72. The van der Waals surface area contributed by atoms with Crippen LogP contribution in [0.25, 0.3) is 0 Å². The van der Waals surface area contributed by atoms with Gasteiger partial charge >= 0.3 is 5.97 Å². The van der Waals surface area contributed by atoms with E-state index in [1.807, 2.05) is 31.2 Å². The van der Waals surface area contributed by atoms with Gasteiger partial charge in [-0.15, -0.1) is 12.4 Å². The molecule has 1 aliphatic heterocycles. The molecule has 0 bridgehead atoms. The molecular weight excluding hydrogens is 300 g/mol. The molecule has 0 amide bonds.